The van der Waals surface area contributed by atoms with Crippen LogP contribution in [0.25, 0.3) is 27.8 Å². The molecule has 2 heterocycles. The Morgan fingerprint density at radius 1 is 0.848 bits per heavy atom. The smallest absolute Gasteiger partial charge is 0.273 e. The van der Waals surface area contributed by atoms with E-state index >= 15 is 0 Å². The Kier molecular flexibility index (Phi) is 5.43. The van der Waals surface area contributed by atoms with Crippen LogP contribution in [0.2, 0.25) is 0 Å². The van der Waals surface area contributed by atoms with Crippen LogP contribution in [-0.2, 0) is 11.2 Å². The Bertz CT molecular complexity index is 1420. The van der Waals surface area contributed by atoms with Gasteiger partial charge < -0.3 is 4.98 Å². The molecule has 0 aliphatic carbocycles. The van der Waals surface area contributed by atoms with Crippen LogP contribution in [-0.4, -0.2) is 26.6 Å². The van der Waals surface area contributed by atoms with Crippen LogP contribution in [0, 0.1) is 0 Å². The van der Waals surface area contributed by atoms with E-state index in [-0.39, 0.29) is 12.3 Å². The Hall–Kier alpha value is -4.65. The predicted molar refractivity (Wildman–Crippen MR) is 127 cm³/mol. The van der Waals surface area contributed by atoms with Crippen LogP contribution in [0.4, 0.5) is 0 Å². The molecule has 0 atom stereocenters. The quantitative estimate of drug-likeness (QED) is 0.364. The average molecular weight is 435 g/mol. The van der Waals surface area contributed by atoms with Gasteiger partial charge in [0, 0.05) is 28.9 Å². The maximum Gasteiger partial charge on any atom is 0.273 e. The number of fused-ring (bicyclic) bond motifs is 1. The molecule has 0 aliphatic rings. The monoisotopic (exact) mass is 435 g/mol. The van der Waals surface area contributed by atoms with Gasteiger partial charge in [-0.2, -0.15) is 5.10 Å². The summed E-state index contributed by atoms with van der Waals surface area (Å²) < 4.78 is 1.66. The van der Waals surface area contributed by atoms with Gasteiger partial charge in [0.2, 0.25) is 5.91 Å². The van der Waals surface area contributed by atoms with Crippen molar-refractivity contribution in [2.24, 2.45) is 0 Å². The Morgan fingerprint density at radius 3 is 2.33 bits per heavy atom. The minimum absolute atomic E-state index is 0.138. The number of benzene rings is 3. The van der Waals surface area contributed by atoms with Gasteiger partial charge in [-0.05, 0) is 23.8 Å². The van der Waals surface area contributed by atoms with Crippen molar-refractivity contribution in [2.45, 2.75) is 6.42 Å². The molecule has 0 radical (unpaired) electrons. The standard InChI is InChI=1S/C26H21N5O2/c32-24(15-19-16-27-23-14-8-7-13-21(19)23)28-29-26(33)22-17-31(20-11-5-2-6-12-20)30-25(22)18-9-3-1-4-10-18/h1-14,16-17,27H,15H2,(H,28,32)(H,29,33). The molecule has 5 aromatic rings. The molecule has 3 N–H and O–H groups in total. The van der Waals surface area contributed by atoms with Crippen molar-refractivity contribution in [1.82, 2.24) is 25.6 Å². The summed E-state index contributed by atoms with van der Waals surface area (Å²) in [6, 6.07) is 26.8. The lowest BCUT2D eigenvalue weighted by atomic mass is 10.1. The van der Waals surface area contributed by atoms with Crippen LogP contribution in [0.1, 0.15) is 15.9 Å². The zero-order valence-electron chi connectivity index (χ0n) is 17.7. The Morgan fingerprint density at radius 2 is 1.55 bits per heavy atom. The molecule has 5 rings (SSSR count). The number of amides is 2. The first-order valence-electron chi connectivity index (χ1n) is 10.5. The maximum absolute atomic E-state index is 13.0. The lowest BCUT2D eigenvalue weighted by Gasteiger charge is -2.07. The first kappa shape index (κ1) is 20.3. The number of hydrogen-bond acceptors (Lipinski definition) is 3. The third-order valence-electron chi connectivity index (χ3n) is 5.37. The minimum atomic E-state index is -0.441. The number of rotatable bonds is 5. The summed E-state index contributed by atoms with van der Waals surface area (Å²) in [4.78, 5) is 28.7. The van der Waals surface area contributed by atoms with E-state index in [0.29, 0.717) is 11.3 Å². The first-order chi connectivity index (χ1) is 16.2. The number of aromatic nitrogens is 3. The summed E-state index contributed by atoms with van der Waals surface area (Å²) in [7, 11) is 0. The number of carbonyl (C=O) groups excluding carboxylic acids is 2. The summed E-state index contributed by atoms with van der Waals surface area (Å²) in [5, 5.41) is 5.61. The lowest BCUT2D eigenvalue weighted by molar-refractivity contribution is -0.121. The molecule has 0 unspecified atom stereocenters. The van der Waals surface area contributed by atoms with Gasteiger partial charge in [0.15, 0.2) is 0 Å². The number of H-pyrrole nitrogens is 1. The highest BCUT2D eigenvalue weighted by Crippen LogP contribution is 2.23. The highest BCUT2D eigenvalue weighted by atomic mass is 16.2. The van der Waals surface area contributed by atoms with Crippen LogP contribution in [0.5, 0.6) is 0 Å². The summed E-state index contributed by atoms with van der Waals surface area (Å²) in [6.45, 7) is 0. The number of nitrogens with zero attached hydrogens (tertiary/aromatic N) is 2. The van der Waals surface area contributed by atoms with Crippen molar-refractivity contribution in [3.8, 4) is 16.9 Å². The zero-order chi connectivity index (χ0) is 22.6. The van der Waals surface area contributed by atoms with E-state index in [1.807, 2.05) is 91.1 Å². The fourth-order valence-electron chi connectivity index (χ4n) is 3.75. The van der Waals surface area contributed by atoms with Gasteiger partial charge in [-0.1, -0.05) is 66.7 Å². The van der Waals surface area contributed by atoms with E-state index < -0.39 is 5.91 Å². The molecule has 0 saturated heterocycles. The number of hydrogen-bond donors (Lipinski definition) is 3. The van der Waals surface area contributed by atoms with Crippen molar-refractivity contribution in [1.29, 1.82) is 0 Å². The number of carbonyl (C=O) groups is 2. The van der Waals surface area contributed by atoms with Gasteiger partial charge in [0.25, 0.3) is 5.91 Å². The summed E-state index contributed by atoms with van der Waals surface area (Å²) in [5.74, 6) is -0.756. The van der Waals surface area contributed by atoms with Crippen LogP contribution in [0.15, 0.2) is 97.3 Å². The molecule has 33 heavy (non-hydrogen) atoms. The molecule has 3 aromatic carbocycles. The second-order valence-corrected chi connectivity index (χ2v) is 7.58. The SMILES string of the molecule is O=C(Cc1c[nH]c2ccccc12)NNC(=O)c1cn(-c2ccccc2)nc1-c1ccccc1. The molecular weight excluding hydrogens is 414 g/mol. The van der Waals surface area contributed by atoms with Crippen molar-refractivity contribution >= 4 is 22.7 Å². The molecule has 0 bridgehead atoms. The van der Waals surface area contributed by atoms with E-state index in [1.165, 1.54) is 0 Å². The van der Waals surface area contributed by atoms with Crippen LogP contribution in [0.3, 0.4) is 0 Å². The number of para-hydroxylation sites is 2. The summed E-state index contributed by atoms with van der Waals surface area (Å²) >= 11 is 0. The van der Waals surface area contributed by atoms with Crippen molar-refractivity contribution in [3.05, 3.63) is 108 Å². The maximum atomic E-state index is 13.0. The number of aromatic amines is 1. The van der Waals surface area contributed by atoms with E-state index in [1.54, 1.807) is 10.9 Å². The van der Waals surface area contributed by atoms with E-state index in [2.05, 4.69) is 20.9 Å². The van der Waals surface area contributed by atoms with Crippen LogP contribution < -0.4 is 10.9 Å². The summed E-state index contributed by atoms with van der Waals surface area (Å²) in [6.07, 6.45) is 3.61. The highest BCUT2D eigenvalue weighted by molar-refractivity contribution is 6.01. The van der Waals surface area contributed by atoms with Gasteiger partial charge >= 0.3 is 0 Å². The molecular formula is C26H21N5O2. The molecule has 2 aromatic heterocycles. The fourth-order valence-corrected chi connectivity index (χ4v) is 3.75. The Labute approximate surface area is 190 Å². The van der Waals surface area contributed by atoms with Gasteiger partial charge in [-0.15, -0.1) is 0 Å². The number of hydrazine groups is 1. The van der Waals surface area contributed by atoms with Gasteiger partial charge in [0.05, 0.1) is 17.7 Å². The van der Waals surface area contributed by atoms with E-state index in [9.17, 15) is 9.59 Å². The molecule has 162 valence electrons. The molecule has 2 amide bonds. The Balaban J connectivity index is 1.35. The molecule has 7 nitrogen and oxygen atoms in total. The highest BCUT2D eigenvalue weighted by Gasteiger charge is 2.19. The zero-order valence-corrected chi connectivity index (χ0v) is 17.7. The molecule has 0 spiro atoms. The van der Waals surface area contributed by atoms with Gasteiger partial charge in [0.1, 0.15) is 5.69 Å². The topological polar surface area (TPSA) is 91.8 Å². The van der Waals surface area contributed by atoms with E-state index in [4.69, 9.17) is 0 Å². The normalized spacial score (nSPS) is 10.8. The van der Waals surface area contributed by atoms with Crippen LogP contribution >= 0.6 is 0 Å². The summed E-state index contributed by atoms with van der Waals surface area (Å²) in [5.41, 5.74) is 9.41. The molecule has 0 saturated carbocycles. The van der Waals surface area contributed by atoms with Crippen molar-refractivity contribution < 1.29 is 9.59 Å². The lowest BCUT2D eigenvalue weighted by Crippen LogP contribution is -2.42. The number of nitrogens with one attached hydrogen (secondary N) is 3. The fraction of sp³-hybridized carbons (Fsp3) is 0.0385. The molecule has 0 fully saturated rings. The average Bonchev–Trinajstić information content (AvgIpc) is 3.49. The molecule has 7 heteroatoms. The van der Waals surface area contributed by atoms with Gasteiger partial charge in [-0.25, -0.2) is 4.68 Å². The van der Waals surface area contributed by atoms with Gasteiger partial charge in [-0.3, -0.25) is 20.4 Å². The van der Waals surface area contributed by atoms with Crippen molar-refractivity contribution in [2.75, 3.05) is 0 Å². The largest absolute Gasteiger partial charge is 0.361 e. The minimum Gasteiger partial charge on any atom is -0.361 e. The van der Waals surface area contributed by atoms with Crippen molar-refractivity contribution in [3.63, 3.8) is 0 Å². The third-order valence-corrected chi connectivity index (χ3v) is 5.37. The third kappa shape index (κ3) is 4.24. The first-order valence-corrected chi connectivity index (χ1v) is 10.5. The second-order valence-electron chi connectivity index (χ2n) is 7.58. The molecule has 0 aliphatic heterocycles. The second kappa shape index (κ2) is 8.84. The predicted octanol–water partition coefficient (Wildman–Crippen LogP) is 4.02. The van der Waals surface area contributed by atoms with E-state index in [0.717, 1.165) is 27.7 Å².